The topological polar surface area (TPSA) is 0 Å². The molecule has 29 heavy (non-hydrogen) atoms. The summed E-state index contributed by atoms with van der Waals surface area (Å²) in [5, 5.41) is 0.774. The van der Waals surface area contributed by atoms with E-state index in [2.05, 4.69) is 137 Å². The minimum absolute atomic E-state index is 0.0240. The van der Waals surface area contributed by atoms with E-state index in [0.717, 1.165) is 0 Å². The summed E-state index contributed by atoms with van der Waals surface area (Å²) in [6, 6.07) is 21.9. The molecular formula is C28H30S. The van der Waals surface area contributed by atoms with Crippen LogP contribution in [0.4, 0.5) is 0 Å². The zero-order chi connectivity index (χ0) is 20.5. The molecule has 0 radical (unpaired) electrons. The molecule has 1 heteroatoms. The summed E-state index contributed by atoms with van der Waals surface area (Å²) in [6.45, 7) is 9.37. The molecule has 148 valence electrons. The Morgan fingerprint density at radius 2 is 1.00 bits per heavy atom. The second-order valence-electron chi connectivity index (χ2n) is 8.73. The average molecular weight is 399 g/mol. The smallest absolute Gasteiger partial charge is 0.0392 e. The van der Waals surface area contributed by atoms with Gasteiger partial charge in [-0.3, -0.25) is 0 Å². The van der Waals surface area contributed by atoms with Gasteiger partial charge in [0.2, 0.25) is 0 Å². The lowest BCUT2D eigenvalue weighted by molar-refractivity contribution is 0.569. The predicted octanol–water partition coefficient (Wildman–Crippen LogP) is 7.40. The average Bonchev–Trinajstić information content (AvgIpc) is 2.74. The fraction of sp³-hybridized carbons (Fsp3) is 0.286. The third kappa shape index (κ3) is 3.57. The number of benzene rings is 2. The molecule has 0 saturated heterocycles. The summed E-state index contributed by atoms with van der Waals surface area (Å²) in [6.07, 6.45) is 13.8. The fourth-order valence-corrected chi connectivity index (χ4v) is 6.67. The molecule has 4 unspecified atom stereocenters. The molecule has 0 bridgehead atoms. The number of rotatable bonds is 4. The van der Waals surface area contributed by atoms with Gasteiger partial charge in [-0.15, -0.1) is 11.8 Å². The maximum absolute atomic E-state index is 2.39. The summed E-state index contributed by atoms with van der Waals surface area (Å²) < 4.78 is 0. The summed E-state index contributed by atoms with van der Waals surface area (Å²) in [4.78, 5) is 0. The standard InChI is InChI=1S/C28H30S/c1-21-13-11-19-27(3,23-15-7-5-8-16-23)25(21)29-26-22(2)14-12-20-28(26,4)24-17-9-6-10-18-24/h5-20,25-26H,1-4H3. The van der Waals surface area contributed by atoms with Crippen molar-refractivity contribution in [1.29, 1.82) is 0 Å². The second-order valence-corrected chi connectivity index (χ2v) is 9.95. The van der Waals surface area contributed by atoms with Crippen molar-refractivity contribution in [2.75, 3.05) is 0 Å². The van der Waals surface area contributed by atoms with Gasteiger partial charge in [0.15, 0.2) is 0 Å². The van der Waals surface area contributed by atoms with Gasteiger partial charge in [-0.1, -0.05) is 122 Å². The second kappa shape index (κ2) is 7.88. The van der Waals surface area contributed by atoms with Crippen molar-refractivity contribution in [3.05, 3.63) is 119 Å². The van der Waals surface area contributed by atoms with Gasteiger partial charge in [-0.2, -0.15) is 0 Å². The zero-order valence-electron chi connectivity index (χ0n) is 17.8. The number of thioether (sulfide) groups is 1. The highest BCUT2D eigenvalue weighted by Crippen LogP contribution is 2.50. The largest absolute Gasteiger partial charge is 0.144 e. The minimum atomic E-state index is -0.0240. The van der Waals surface area contributed by atoms with E-state index in [1.807, 2.05) is 0 Å². The Bertz CT molecular complexity index is 898. The van der Waals surface area contributed by atoms with E-state index >= 15 is 0 Å². The fourth-order valence-electron chi connectivity index (χ4n) is 4.82. The molecule has 2 aliphatic rings. The monoisotopic (exact) mass is 398 g/mol. The van der Waals surface area contributed by atoms with Crippen molar-refractivity contribution in [1.82, 2.24) is 0 Å². The van der Waals surface area contributed by atoms with Gasteiger partial charge in [0, 0.05) is 21.3 Å². The van der Waals surface area contributed by atoms with Crippen LogP contribution in [0.2, 0.25) is 0 Å². The van der Waals surface area contributed by atoms with E-state index in [1.54, 1.807) is 0 Å². The highest BCUT2D eigenvalue weighted by Gasteiger charge is 2.43. The summed E-state index contributed by atoms with van der Waals surface area (Å²) in [5.41, 5.74) is 5.61. The van der Waals surface area contributed by atoms with Gasteiger partial charge < -0.3 is 0 Å². The Hall–Kier alpha value is -2.25. The van der Waals surface area contributed by atoms with E-state index in [9.17, 15) is 0 Å². The molecule has 0 fully saturated rings. The molecule has 0 aromatic heterocycles. The molecule has 0 nitrogen and oxygen atoms in total. The van der Waals surface area contributed by atoms with Crippen LogP contribution in [0.25, 0.3) is 0 Å². The van der Waals surface area contributed by atoms with Crippen LogP contribution in [-0.4, -0.2) is 10.5 Å². The van der Waals surface area contributed by atoms with E-state index in [4.69, 9.17) is 0 Å². The van der Waals surface area contributed by atoms with Crippen LogP contribution < -0.4 is 0 Å². The lowest BCUT2D eigenvalue weighted by Gasteiger charge is -2.45. The summed E-state index contributed by atoms with van der Waals surface area (Å²) in [7, 11) is 0. The van der Waals surface area contributed by atoms with E-state index in [-0.39, 0.29) is 10.8 Å². The van der Waals surface area contributed by atoms with Crippen LogP contribution in [0.3, 0.4) is 0 Å². The van der Waals surface area contributed by atoms with Crippen LogP contribution >= 0.6 is 11.8 Å². The van der Waals surface area contributed by atoms with Crippen molar-refractivity contribution >= 4 is 11.8 Å². The van der Waals surface area contributed by atoms with Gasteiger partial charge in [-0.25, -0.2) is 0 Å². The first kappa shape index (κ1) is 20.0. The Kier molecular flexibility index (Phi) is 5.44. The van der Waals surface area contributed by atoms with Crippen molar-refractivity contribution in [3.63, 3.8) is 0 Å². The summed E-state index contributed by atoms with van der Waals surface area (Å²) >= 11 is 2.12. The van der Waals surface area contributed by atoms with Crippen molar-refractivity contribution < 1.29 is 0 Å². The maximum atomic E-state index is 2.39. The van der Waals surface area contributed by atoms with Gasteiger partial charge in [0.1, 0.15) is 0 Å². The van der Waals surface area contributed by atoms with Gasteiger partial charge >= 0.3 is 0 Å². The lowest BCUT2D eigenvalue weighted by atomic mass is 9.74. The number of hydrogen-bond donors (Lipinski definition) is 0. The minimum Gasteiger partial charge on any atom is -0.144 e. The van der Waals surface area contributed by atoms with Crippen molar-refractivity contribution in [2.24, 2.45) is 0 Å². The molecule has 2 aliphatic carbocycles. The van der Waals surface area contributed by atoms with Crippen LogP contribution in [0.5, 0.6) is 0 Å². The first-order chi connectivity index (χ1) is 13.9. The van der Waals surface area contributed by atoms with Crippen molar-refractivity contribution in [2.45, 2.75) is 49.0 Å². The molecule has 4 rings (SSSR count). The molecule has 0 amide bonds. The molecule has 0 spiro atoms. The Balaban J connectivity index is 1.75. The highest BCUT2D eigenvalue weighted by atomic mass is 32.2. The lowest BCUT2D eigenvalue weighted by Crippen LogP contribution is -2.42. The molecule has 2 aromatic rings. The number of allylic oxidation sites excluding steroid dienone is 6. The van der Waals surface area contributed by atoms with E-state index < -0.39 is 0 Å². The highest BCUT2D eigenvalue weighted by molar-refractivity contribution is 8.01. The van der Waals surface area contributed by atoms with E-state index in [0.29, 0.717) is 10.5 Å². The molecule has 0 N–H and O–H groups in total. The third-order valence-corrected chi connectivity index (χ3v) is 8.85. The van der Waals surface area contributed by atoms with Crippen LogP contribution in [0, 0.1) is 0 Å². The van der Waals surface area contributed by atoms with Crippen LogP contribution in [0.1, 0.15) is 38.8 Å². The Morgan fingerprint density at radius 1 is 0.621 bits per heavy atom. The molecule has 0 saturated carbocycles. The first-order valence-electron chi connectivity index (χ1n) is 10.4. The molecular weight excluding hydrogens is 368 g/mol. The predicted molar refractivity (Wildman–Crippen MR) is 129 cm³/mol. The molecule has 0 aliphatic heterocycles. The van der Waals surface area contributed by atoms with Gasteiger partial charge in [0.25, 0.3) is 0 Å². The van der Waals surface area contributed by atoms with Gasteiger partial charge in [0.05, 0.1) is 0 Å². The van der Waals surface area contributed by atoms with E-state index in [1.165, 1.54) is 22.3 Å². The summed E-state index contributed by atoms with van der Waals surface area (Å²) in [5.74, 6) is 0. The SMILES string of the molecule is CC1=CC=CC(C)(c2ccccc2)C1SC1C(C)=CC=CC1(C)c1ccccc1. The Morgan fingerprint density at radius 3 is 1.38 bits per heavy atom. The Labute approximate surface area is 180 Å². The molecule has 4 atom stereocenters. The zero-order valence-corrected chi connectivity index (χ0v) is 18.6. The van der Waals surface area contributed by atoms with Crippen molar-refractivity contribution in [3.8, 4) is 0 Å². The molecule has 2 aromatic carbocycles. The quantitative estimate of drug-likeness (QED) is 0.517. The third-order valence-electron chi connectivity index (χ3n) is 6.58. The maximum Gasteiger partial charge on any atom is 0.0392 e. The van der Waals surface area contributed by atoms with Gasteiger partial charge in [-0.05, 0) is 25.0 Å². The normalized spacial score (nSPS) is 31.3. The first-order valence-corrected chi connectivity index (χ1v) is 11.4. The van der Waals surface area contributed by atoms with Crippen LogP contribution in [0.15, 0.2) is 108 Å². The van der Waals surface area contributed by atoms with Crippen LogP contribution in [-0.2, 0) is 10.8 Å². The number of hydrogen-bond acceptors (Lipinski definition) is 1. The molecule has 0 heterocycles.